The van der Waals surface area contributed by atoms with Gasteiger partial charge in [-0.2, -0.15) is 0 Å². The molecule has 14 rings (SSSR count). The molecule has 4 heterocycles. The van der Waals surface area contributed by atoms with Gasteiger partial charge in [0.1, 0.15) is 85.5 Å². The van der Waals surface area contributed by atoms with Crippen molar-refractivity contribution in [1.82, 2.24) is 0 Å². The highest BCUT2D eigenvalue weighted by molar-refractivity contribution is 5.22. The van der Waals surface area contributed by atoms with Crippen LogP contribution in [0.4, 0.5) is 0 Å². The number of benzene rings is 10. The Hall–Kier alpha value is -9.25. The van der Waals surface area contributed by atoms with Crippen molar-refractivity contribution in [3.8, 4) is 0 Å². The van der Waals surface area contributed by atoms with Gasteiger partial charge in [-0.05, 0) is 67.6 Å². The molecule has 0 spiro atoms. The Morgan fingerprint density at radius 3 is 0.855 bits per heavy atom. The standard InChI is InChI=1S/C95H103N3O19/c96-98-97-52-31-53-103-93-90(86(107-60-74-44-23-7-24-45-74)80(113-93)66-102-56-70-36-15-3-16-37-70)117-95-89(110-63-77-50-29-10-30-51-77)85(106-59-73-42-21-6-22-43-73)81(115-95)67-111-94-91(88(109-62-76-48-27-9-28-49-76)84(105-58-72-40-19-5-20-41-72)79(114-94)65-101-55-69-34-13-2-14-35-69)116-92-82(99)87(108-61-75-46-25-8-26-47-75)83(104-57-71-38-17-4-18-39-71)78(112-92)64-100-54-68-32-11-1-12-33-68/h1-30,32-51,78-95,99H,31,52-67H2/t78-,79-,80-,81-,82+,83-,84-,85-,86-,87-,88+,89+,90+,91+,92-,93+,94+,95-/m1/s1. The SMILES string of the molecule is [N-]=[N+]=NCCCO[C@H]1O[C@H](COCc2ccccc2)[C@@H](OCc2ccccc2)[C@@H]1O[C@H]1O[C@H](CO[C@H]2O[C@H](COCc3ccccc3)[C@@H](OCc3ccccc3)[C@H](OCc3ccccc3)[C@@H]2O[C@H]2O[C@H](COCc3ccccc3)[C@@H](OCc3ccccc3)[C@H](OCc3ccccc3)[C@@H]2O)[C@@H](OCc2ccccc2)[C@@H]1OCc1ccccc1. The normalized spacial score (nSPS) is 25.7. The molecule has 10 aromatic rings. The molecule has 0 radical (unpaired) electrons. The number of azide groups is 1. The number of nitrogens with zero attached hydrogens (tertiary/aromatic N) is 3. The molecule has 1 N–H and O–H groups in total. The van der Waals surface area contributed by atoms with Crippen molar-refractivity contribution in [2.75, 3.05) is 39.6 Å². The average molecular weight is 1590 g/mol. The highest BCUT2D eigenvalue weighted by atomic mass is 16.8. The largest absolute Gasteiger partial charge is 0.385 e. The van der Waals surface area contributed by atoms with Crippen LogP contribution in [0.25, 0.3) is 10.4 Å². The summed E-state index contributed by atoms with van der Waals surface area (Å²) in [5.74, 6) is 0. The fourth-order valence-corrected chi connectivity index (χ4v) is 14.7. The number of ether oxygens (including phenoxy) is 18. The van der Waals surface area contributed by atoms with Gasteiger partial charge in [0.05, 0.1) is 92.5 Å². The van der Waals surface area contributed by atoms with E-state index in [1.165, 1.54) is 0 Å². The third-order valence-electron chi connectivity index (χ3n) is 20.7. The Labute approximate surface area is 684 Å². The minimum absolute atomic E-state index is 0.00913. The number of hydrogen-bond acceptors (Lipinski definition) is 20. The van der Waals surface area contributed by atoms with Gasteiger partial charge in [-0.3, -0.25) is 0 Å². The van der Waals surface area contributed by atoms with Crippen molar-refractivity contribution in [3.63, 3.8) is 0 Å². The molecule has 0 unspecified atom stereocenters. The molecule has 4 fully saturated rings. The number of rotatable bonds is 45. The first-order chi connectivity index (χ1) is 57.9. The fourth-order valence-electron chi connectivity index (χ4n) is 14.7. The van der Waals surface area contributed by atoms with Crippen LogP contribution in [0.15, 0.2) is 308 Å². The molecule has 22 heteroatoms. The summed E-state index contributed by atoms with van der Waals surface area (Å²) in [6.45, 7) is 1.77. The zero-order valence-corrected chi connectivity index (χ0v) is 65.4. The minimum Gasteiger partial charge on any atom is -0.385 e. The Bertz CT molecular complexity index is 4440. The molecule has 4 aliphatic rings. The van der Waals surface area contributed by atoms with Gasteiger partial charge in [0.2, 0.25) is 0 Å². The average Bonchev–Trinajstić information content (AvgIpc) is 1.12. The molecular weight excluding hydrogens is 1490 g/mol. The molecule has 4 saturated heterocycles. The molecule has 0 aromatic heterocycles. The molecule has 0 bridgehead atoms. The van der Waals surface area contributed by atoms with Crippen LogP contribution in [0.1, 0.15) is 62.1 Å². The van der Waals surface area contributed by atoms with Crippen molar-refractivity contribution in [2.24, 2.45) is 5.11 Å². The van der Waals surface area contributed by atoms with E-state index in [2.05, 4.69) is 10.0 Å². The van der Waals surface area contributed by atoms with E-state index in [-0.39, 0.29) is 99.0 Å². The predicted octanol–water partition coefficient (Wildman–Crippen LogP) is 15.5. The number of aliphatic hydroxyl groups excluding tert-OH is 1. The molecule has 4 aliphatic heterocycles. The van der Waals surface area contributed by atoms with Gasteiger partial charge < -0.3 is 90.4 Å². The molecule has 18 atom stereocenters. The van der Waals surface area contributed by atoms with Crippen molar-refractivity contribution in [2.45, 2.75) is 183 Å². The fraction of sp³-hybridized carbons (Fsp3) is 0.368. The topological polar surface area (TPSA) is 235 Å². The summed E-state index contributed by atoms with van der Waals surface area (Å²) in [5, 5.41) is 17.2. The van der Waals surface area contributed by atoms with Crippen LogP contribution in [-0.2, 0) is 151 Å². The van der Waals surface area contributed by atoms with Gasteiger partial charge in [0, 0.05) is 18.1 Å². The summed E-state index contributed by atoms with van der Waals surface area (Å²) in [6.07, 6.45) is -19.2. The number of aliphatic hydroxyl groups is 1. The molecule has 0 amide bonds. The molecular formula is C95H103N3O19. The summed E-state index contributed by atoms with van der Waals surface area (Å²) in [7, 11) is 0. The van der Waals surface area contributed by atoms with Crippen LogP contribution >= 0.6 is 0 Å². The van der Waals surface area contributed by atoms with Crippen LogP contribution in [-0.4, -0.2) is 155 Å². The van der Waals surface area contributed by atoms with Gasteiger partial charge in [-0.25, -0.2) is 0 Å². The summed E-state index contributed by atoms with van der Waals surface area (Å²) < 4.78 is 128. The lowest BCUT2D eigenvalue weighted by Crippen LogP contribution is -2.66. The monoisotopic (exact) mass is 1590 g/mol. The van der Waals surface area contributed by atoms with E-state index in [0.717, 1.165) is 55.6 Å². The first kappa shape index (κ1) is 84.2. The Balaban J connectivity index is 0.849. The van der Waals surface area contributed by atoms with Gasteiger partial charge in [0.25, 0.3) is 0 Å². The van der Waals surface area contributed by atoms with E-state index in [1.54, 1.807) is 0 Å². The lowest BCUT2D eigenvalue weighted by Gasteiger charge is -2.49. The zero-order valence-electron chi connectivity index (χ0n) is 65.4. The third kappa shape index (κ3) is 25.2. The van der Waals surface area contributed by atoms with Gasteiger partial charge >= 0.3 is 0 Å². The summed E-state index contributed by atoms with van der Waals surface area (Å²) in [6, 6.07) is 98.5. The highest BCUT2D eigenvalue weighted by Crippen LogP contribution is 2.40. The lowest BCUT2D eigenvalue weighted by atomic mass is 9.96. The maximum absolute atomic E-state index is 13.4. The molecule has 0 saturated carbocycles. The quantitative estimate of drug-likeness (QED) is 0.0162. The van der Waals surface area contributed by atoms with Crippen LogP contribution in [0.2, 0.25) is 0 Å². The van der Waals surface area contributed by atoms with Gasteiger partial charge in [-0.15, -0.1) is 0 Å². The molecule has 612 valence electrons. The predicted molar refractivity (Wildman–Crippen MR) is 434 cm³/mol. The van der Waals surface area contributed by atoms with Crippen molar-refractivity contribution in [1.29, 1.82) is 0 Å². The smallest absolute Gasteiger partial charge is 0.187 e. The second-order valence-corrected chi connectivity index (χ2v) is 29.2. The van der Waals surface area contributed by atoms with E-state index in [0.29, 0.717) is 13.0 Å². The van der Waals surface area contributed by atoms with E-state index in [1.807, 2.05) is 303 Å². The molecule has 117 heavy (non-hydrogen) atoms. The van der Waals surface area contributed by atoms with Gasteiger partial charge in [0.15, 0.2) is 25.2 Å². The summed E-state index contributed by atoms with van der Waals surface area (Å²) >= 11 is 0. The molecule has 22 nitrogen and oxygen atoms in total. The molecule has 0 aliphatic carbocycles. The number of hydrogen-bond donors (Lipinski definition) is 1. The van der Waals surface area contributed by atoms with E-state index in [4.69, 9.17) is 85.3 Å². The second-order valence-electron chi connectivity index (χ2n) is 29.2. The van der Waals surface area contributed by atoms with Crippen LogP contribution < -0.4 is 0 Å². The highest BCUT2D eigenvalue weighted by Gasteiger charge is 2.57. The Morgan fingerprint density at radius 1 is 0.256 bits per heavy atom. The third-order valence-corrected chi connectivity index (χ3v) is 20.7. The summed E-state index contributed by atoms with van der Waals surface area (Å²) in [5.41, 5.74) is 18.3. The maximum Gasteiger partial charge on any atom is 0.187 e. The van der Waals surface area contributed by atoms with Crippen molar-refractivity contribution in [3.05, 3.63) is 369 Å². The minimum atomic E-state index is -1.55. The van der Waals surface area contributed by atoms with E-state index in [9.17, 15) is 10.6 Å². The van der Waals surface area contributed by atoms with E-state index < -0.39 is 111 Å². The zero-order chi connectivity index (χ0) is 79.7. The second kappa shape index (κ2) is 45.6. The van der Waals surface area contributed by atoms with Crippen molar-refractivity contribution >= 4 is 0 Å². The Kier molecular flexibility index (Phi) is 32.8. The van der Waals surface area contributed by atoms with Crippen molar-refractivity contribution < 1.29 is 90.4 Å². The van der Waals surface area contributed by atoms with Crippen LogP contribution in [0.5, 0.6) is 0 Å². The van der Waals surface area contributed by atoms with Crippen LogP contribution in [0.3, 0.4) is 0 Å². The summed E-state index contributed by atoms with van der Waals surface area (Å²) in [4.78, 5) is 2.99. The first-order valence-electron chi connectivity index (χ1n) is 40.2. The Morgan fingerprint density at radius 2 is 0.504 bits per heavy atom. The first-order valence-corrected chi connectivity index (χ1v) is 40.2. The van der Waals surface area contributed by atoms with Gasteiger partial charge in [-0.1, -0.05) is 308 Å². The lowest BCUT2D eigenvalue weighted by molar-refractivity contribution is -0.381. The molecule has 10 aromatic carbocycles. The van der Waals surface area contributed by atoms with Crippen LogP contribution in [0, 0.1) is 0 Å². The van der Waals surface area contributed by atoms with E-state index >= 15 is 0 Å². The maximum atomic E-state index is 13.4.